The standard InChI is InChI=1S/C16H13FN4/c17-13-8-4-5-9-14(13)21-16-10-15(18-11-19-16)20-12-6-2-1-3-7-12/h1-11H,(H2,18,19,20,21). The Kier molecular flexibility index (Phi) is 3.73. The van der Waals surface area contributed by atoms with Crippen LogP contribution >= 0.6 is 0 Å². The predicted molar refractivity (Wildman–Crippen MR) is 81.4 cm³/mol. The molecule has 0 radical (unpaired) electrons. The Morgan fingerprint density at radius 3 is 2.19 bits per heavy atom. The van der Waals surface area contributed by atoms with Crippen LogP contribution in [0.2, 0.25) is 0 Å². The molecular formula is C16H13FN4. The first-order valence-electron chi connectivity index (χ1n) is 6.47. The molecule has 4 nitrogen and oxygen atoms in total. The van der Waals surface area contributed by atoms with Crippen LogP contribution in [0.1, 0.15) is 0 Å². The van der Waals surface area contributed by atoms with E-state index in [1.54, 1.807) is 24.3 Å². The molecule has 1 aromatic heterocycles. The van der Waals surface area contributed by atoms with Crippen LogP contribution in [0.3, 0.4) is 0 Å². The fourth-order valence-corrected chi connectivity index (χ4v) is 1.86. The maximum atomic E-state index is 13.6. The maximum absolute atomic E-state index is 13.6. The average Bonchev–Trinajstić information content (AvgIpc) is 2.51. The van der Waals surface area contributed by atoms with Gasteiger partial charge in [0.1, 0.15) is 23.8 Å². The van der Waals surface area contributed by atoms with Crippen molar-refractivity contribution in [2.24, 2.45) is 0 Å². The third-order valence-corrected chi connectivity index (χ3v) is 2.85. The van der Waals surface area contributed by atoms with Crippen molar-refractivity contribution in [1.82, 2.24) is 9.97 Å². The van der Waals surface area contributed by atoms with Crippen molar-refractivity contribution in [2.45, 2.75) is 0 Å². The van der Waals surface area contributed by atoms with Crippen molar-refractivity contribution in [1.29, 1.82) is 0 Å². The molecule has 3 aromatic rings. The number of halogens is 1. The van der Waals surface area contributed by atoms with E-state index in [9.17, 15) is 4.39 Å². The zero-order valence-corrected chi connectivity index (χ0v) is 11.1. The highest BCUT2D eigenvalue weighted by molar-refractivity contribution is 5.62. The lowest BCUT2D eigenvalue weighted by Crippen LogP contribution is -1.99. The van der Waals surface area contributed by atoms with Gasteiger partial charge in [-0.1, -0.05) is 30.3 Å². The van der Waals surface area contributed by atoms with E-state index in [0.29, 0.717) is 17.3 Å². The van der Waals surface area contributed by atoms with Gasteiger partial charge >= 0.3 is 0 Å². The Morgan fingerprint density at radius 2 is 1.43 bits per heavy atom. The minimum absolute atomic E-state index is 0.325. The lowest BCUT2D eigenvalue weighted by Gasteiger charge is -2.09. The fourth-order valence-electron chi connectivity index (χ4n) is 1.86. The maximum Gasteiger partial charge on any atom is 0.146 e. The van der Waals surface area contributed by atoms with Crippen molar-refractivity contribution in [3.05, 3.63) is 72.8 Å². The zero-order valence-electron chi connectivity index (χ0n) is 11.1. The van der Waals surface area contributed by atoms with Crippen LogP contribution in [0.4, 0.5) is 27.4 Å². The molecule has 104 valence electrons. The first-order chi connectivity index (χ1) is 10.3. The van der Waals surface area contributed by atoms with Crippen molar-refractivity contribution in [3.63, 3.8) is 0 Å². The van der Waals surface area contributed by atoms with Gasteiger partial charge in [0.05, 0.1) is 5.69 Å². The SMILES string of the molecule is Fc1ccccc1Nc1cc(Nc2ccccc2)ncn1. The summed E-state index contributed by atoms with van der Waals surface area (Å²) < 4.78 is 13.6. The van der Waals surface area contributed by atoms with Crippen molar-refractivity contribution in [3.8, 4) is 0 Å². The molecule has 0 saturated carbocycles. The topological polar surface area (TPSA) is 49.8 Å². The number of nitrogens with one attached hydrogen (secondary N) is 2. The van der Waals surface area contributed by atoms with E-state index in [-0.39, 0.29) is 5.82 Å². The summed E-state index contributed by atoms with van der Waals surface area (Å²) in [5.74, 6) is 0.831. The fraction of sp³-hybridized carbons (Fsp3) is 0. The van der Waals surface area contributed by atoms with Gasteiger partial charge in [-0.25, -0.2) is 14.4 Å². The minimum Gasteiger partial charge on any atom is -0.340 e. The van der Waals surface area contributed by atoms with Crippen LogP contribution in [-0.2, 0) is 0 Å². The highest BCUT2D eigenvalue weighted by Crippen LogP contribution is 2.20. The Labute approximate surface area is 121 Å². The molecular weight excluding hydrogens is 267 g/mol. The summed E-state index contributed by atoms with van der Waals surface area (Å²) in [7, 11) is 0. The van der Waals surface area contributed by atoms with Crippen LogP contribution < -0.4 is 10.6 Å². The first-order valence-corrected chi connectivity index (χ1v) is 6.47. The van der Waals surface area contributed by atoms with E-state index in [1.165, 1.54) is 12.4 Å². The smallest absolute Gasteiger partial charge is 0.146 e. The summed E-state index contributed by atoms with van der Waals surface area (Å²) >= 11 is 0. The van der Waals surface area contributed by atoms with E-state index in [1.807, 2.05) is 30.3 Å². The van der Waals surface area contributed by atoms with Crippen LogP contribution in [0.15, 0.2) is 67.0 Å². The van der Waals surface area contributed by atoms with E-state index >= 15 is 0 Å². The summed E-state index contributed by atoms with van der Waals surface area (Å²) in [4.78, 5) is 8.23. The van der Waals surface area contributed by atoms with E-state index in [4.69, 9.17) is 0 Å². The minimum atomic E-state index is -0.325. The van der Waals surface area contributed by atoms with Gasteiger partial charge in [0, 0.05) is 11.8 Å². The summed E-state index contributed by atoms with van der Waals surface area (Å²) in [5, 5.41) is 6.09. The molecule has 0 spiro atoms. The quantitative estimate of drug-likeness (QED) is 0.755. The molecule has 2 aromatic carbocycles. The molecule has 0 saturated heterocycles. The number of anilines is 4. The molecule has 0 bridgehead atoms. The largest absolute Gasteiger partial charge is 0.340 e. The van der Waals surface area contributed by atoms with E-state index in [0.717, 1.165) is 5.69 Å². The zero-order chi connectivity index (χ0) is 14.5. The molecule has 0 aliphatic carbocycles. The van der Waals surface area contributed by atoms with Crippen molar-refractivity contribution in [2.75, 3.05) is 10.6 Å². The molecule has 1 heterocycles. The van der Waals surface area contributed by atoms with Crippen molar-refractivity contribution < 1.29 is 4.39 Å². The van der Waals surface area contributed by atoms with Gasteiger partial charge in [0.15, 0.2) is 0 Å². The summed E-state index contributed by atoms with van der Waals surface area (Å²) in [6.07, 6.45) is 1.43. The number of nitrogens with zero attached hydrogens (tertiary/aromatic N) is 2. The van der Waals surface area contributed by atoms with Gasteiger partial charge in [0.25, 0.3) is 0 Å². The van der Waals surface area contributed by atoms with Crippen LogP contribution in [-0.4, -0.2) is 9.97 Å². The molecule has 3 rings (SSSR count). The van der Waals surface area contributed by atoms with Crippen LogP contribution in [0, 0.1) is 5.82 Å². The Bertz CT molecular complexity index is 731. The van der Waals surface area contributed by atoms with Gasteiger partial charge in [-0.05, 0) is 24.3 Å². The highest BCUT2D eigenvalue weighted by Gasteiger charge is 2.03. The molecule has 0 aliphatic heterocycles. The lowest BCUT2D eigenvalue weighted by molar-refractivity contribution is 0.632. The summed E-state index contributed by atoms with van der Waals surface area (Å²) in [5.41, 5.74) is 1.30. The summed E-state index contributed by atoms with van der Waals surface area (Å²) in [6, 6.07) is 17.9. The van der Waals surface area contributed by atoms with E-state index in [2.05, 4.69) is 20.6 Å². The lowest BCUT2D eigenvalue weighted by atomic mass is 10.3. The number of hydrogen-bond donors (Lipinski definition) is 2. The van der Waals surface area contributed by atoms with Gasteiger partial charge in [0.2, 0.25) is 0 Å². The van der Waals surface area contributed by atoms with Crippen LogP contribution in [0.25, 0.3) is 0 Å². The van der Waals surface area contributed by atoms with Gasteiger partial charge < -0.3 is 10.6 Å². The monoisotopic (exact) mass is 280 g/mol. The van der Waals surface area contributed by atoms with E-state index < -0.39 is 0 Å². The number of rotatable bonds is 4. The molecule has 2 N–H and O–H groups in total. The predicted octanol–water partition coefficient (Wildman–Crippen LogP) is 4.10. The molecule has 5 heteroatoms. The van der Waals surface area contributed by atoms with Gasteiger partial charge in [-0.15, -0.1) is 0 Å². The average molecular weight is 280 g/mol. The third-order valence-electron chi connectivity index (χ3n) is 2.85. The second-order valence-corrected chi connectivity index (χ2v) is 4.38. The summed E-state index contributed by atoms with van der Waals surface area (Å²) in [6.45, 7) is 0. The molecule has 0 aliphatic rings. The Balaban J connectivity index is 1.79. The first kappa shape index (κ1) is 13.1. The molecule has 0 amide bonds. The second kappa shape index (κ2) is 6.00. The number of aromatic nitrogens is 2. The molecule has 0 atom stereocenters. The second-order valence-electron chi connectivity index (χ2n) is 4.38. The highest BCUT2D eigenvalue weighted by atomic mass is 19.1. The molecule has 21 heavy (non-hydrogen) atoms. The number of hydrogen-bond acceptors (Lipinski definition) is 4. The third kappa shape index (κ3) is 3.33. The van der Waals surface area contributed by atoms with Crippen LogP contribution in [0.5, 0.6) is 0 Å². The number of para-hydroxylation sites is 2. The Morgan fingerprint density at radius 1 is 0.762 bits per heavy atom. The molecule has 0 unspecified atom stereocenters. The van der Waals surface area contributed by atoms with Gasteiger partial charge in [-0.3, -0.25) is 0 Å². The normalized spacial score (nSPS) is 10.1. The number of benzene rings is 2. The van der Waals surface area contributed by atoms with Gasteiger partial charge in [-0.2, -0.15) is 0 Å². The Hall–Kier alpha value is -2.95. The molecule has 0 fully saturated rings. The van der Waals surface area contributed by atoms with Crippen molar-refractivity contribution >= 4 is 23.0 Å².